The summed E-state index contributed by atoms with van der Waals surface area (Å²) >= 11 is 5.76. The number of benzene rings is 1. The average Bonchev–Trinajstić information content (AvgIpc) is 2.32. The van der Waals surface area contributed by atoms with Crippen LogP contribution in [0.25, 0.3) is 0 Å². The molecule has 0 amide bonds. The fraction of sp³-hybridized carbons (Fsp3) is 0.538. The monoisotopic (exact) mass is 320 g/mol. The Hall–Kier alpha value is -0.690. The maximum atomic E-state index is 13.1. The second-order valence-electron chi connectivity index (χ2n) is 5.21. The summed E-state index contributed by atoms with van der Waals surface area (Å²) in [7, 11) is -3.18. The highest BCUT2D eigenvalue weighted by molar-refractivity contribution is 7.88. The van der Waals surface area contributed by atoms with Gasteiger partial charge in [0.05, 0.1) is 11.3 Å². The molecule has 1 aromatic carbocycles. The van der Waals surface area contributed by atoms with Gasteiger partial charge in [-0.1, -0.05) is 17.7 Å². The molecule has 0 aromatic heterocycles. The van der Waals surface area contributed by atoms with Crippen molar-refractivity contribution < 1.29 is 12.8 Å². The van der Waals surface area contributed by atoms with E-state index in [4.69, 9.17) is 11.6 Å². The number of sulfonamides is 1. The van der Waals surface area contributed by atoms with Gasteiger partial charge in [0.15, 0.2) is 0 Å². The molecule has 0 spiro atoms. The molecule has 1 N–H and O–H groups in total. The first-order valence-electron chi connectivity index (χ1n) is 6.47. The third-order valence-electron chi connectivity index (χ3n) is 3.28. The van der Waals surface area contributed by atoms with Crippen LogP contribution in [0.1, 0.15) is 18.4 Å². The fourth-order valence-corrected chi connectivity index (χ4v) is 3.50. The van der Waals surface area contributed by atoms with E-state index in [0.717, 1.165) is 24.9 Å². The zero-order valence-corrected chi connectivity index (χ0v) is 12.8. The standard InChI is InChI=1S/C13H18ClFN2O2S/c1-20(18,19)16-11-3-2-6-17(9-11)8-10-4-5-13(15)12(14)7-10/h4-5,7,11,16H,2-3,6,8-9H2,1H3/t11-/m0/s1. The van der Waals surface area contributed by atoms with Crippen molar-refractivity contribution in [2.24, 2.45) is 0 Å². The van der Waals surface area contributed by atoms with Crippen molar-refractivity contribution in [2.75, 3.05) is 19.3 Å². The Bertz CT molecular complexity index is 580. The summed E-state index contributed by atoms with van der Waals surface area (Å²) < 4.78 is 38.3. The maximum absolute atomic E-state index is 13.1. The molecule has 7 heteroatoms. The number of nitrogens with zero attached hydrogens (tertiary/aromatic N) is 1. The summed E-state index contributed by atoms with van der Waals surface area (Å²) in [6, 6.07) is 4.61. The summed E-state index contributed by atoms with van der Waals surface area (Å²) in [4.78, 5) is 2.15. The first-order chi connectivity index (χ1) is 9.33. The number of rotatable bonds is 4. The molecule has 0 radical (unpaired) electrons. The lowest BCUT2D eigenvalue weighted by Crippen LogP contribution is -2.46. The van der Waals surface area contributed by atoms with Crippen LogP contribution in [0.5, 0.6) is 0 Å². The number of halogens is 2. The normalized spacial score (nSPS) is 21.1. The van der Waals surface area contributed by atoms with Crippen LogP contribution in [0.4, 0.5) is 4.39 Å². The van der Waals surface area contributed by atoms with Gasteiger partial charge < -0.3 is 0 Å². The largest absolute Gasteiger partial charge is 0.298 e. The number of hydrogen-bond donors (Lipinski definition) is 1. The van der Waals surface area contributed by atoms with Crippen LogP contribution in [-0.2, 0) is 16.6 Å². The van der Waals surface area contributed by atoms with Crippen LogP contribution in [-0.4, -0.2) is 38.7 Å². The van der Waals surface area contributed by atoms with Gasteiger partial charge in [0.1, 0.15) is 5.82 Å². The third kappa shape index (κ3) is 4.70. The lowest BCUT2D eigenvalue weighted by atomic mass is 10.1. The minimum absolute atomic E-state index is 0.0605. The van der Waals surface area contributed by atoms with E-state index in [-0.39, 0.29) is 11.1 Å². The number of hydrogen-bond acceptors (Lipinski definition) is 3. The van der Waals surface area contributed by atoms with Crippen molar-refractivity contribution in [3.8, 4) is 0 Å². The SMILES string of the molecule is CS(=O)(=O)N[C@H]1CCCN(Cc2ccc(F)c(Cl)c2)C1. The Kier molecular flexibility index (Phi) is 5.01. The molecule has 1 heterocycles. The Balaban J connectivity index is 1.97. The highest BCUT2D eigenvalue weighted by Crippen LogP contribution is 2.19. The topological polar surface area (TPSA) is 49.4 Å². The molecule has 4 nitrogen and oxygen atoms in total. The summed E-state index contributed by atoms with van der Waals surface area (Å²) in [6.07, 6.45) is 2.95. The van der Waals surface area contributed by atoms with E-state index in [1.54, 1.807) is 12.1 Å². The Labute approximate surface area is 124 Å². The molecular formula is C13H18ClFN2O2S. The summed E-state index contributed by atoms with van der Waals surface area (Å²) in [6.45, 7) is 2.20. The first kappa shape index (κ1) is 15.7. The van der Waals surface area contributed by atoms with Crippen LogP contribution in [0.2, 0.25) is 5.02 Å². The first-order valence-corrected chi connectivity index (χ1v) is 8.74. The predicted molar refractivity (Wildman–Crippen MR) is 77.7 cm³/mol. The van der Waals surface area contributed by atoms with E-state index in [2.05, 4.69) is 9.62 Å². The molecule has 1 saturated heterocycles. The van der Waals surface area contributed by atoms with Gasteiger partial charge in [0.25, 0.3) is 0 Å². The molecule has 112 valence electrons. The zero-order chi connectivity index (χ0) is 14.8. The highest BCUT2D eigenvalue weighted by Gasteiger charge is 2.22. The van der Waals surface area contributed by atoms with Crippen molar-refractivity contribution in [1.29, 1.82) is 0 Å². The smallest absolute Gasteiger partial charge is 0.208 e. The van der Waals surface area contributed by atoms with Crippen molar-refractivity contribution in [3.63, 3.8) is 0 Å². The molecule has 1 atom stereocenters. The van der Waals surface area contributed by atoms with Crippen molar-refractivity contribution in [3.05, 3.63) is 34.6 Å². The Morgan fingerprint density at radius 1 is 1.50 bits per heavy atom. The highest BCUT2D eigenvalue weighted by atomic mass is 35.5. The van der Waals surface area contributed by atoms with E-state index >= 15 is 0 Å². The van der Waals surface area contributed by atoms with Crippen molar-refractivity contribution >= 4 is 21.6 Å². The second-order valence-corrected chi connectivity index (χ2v) is 7.40. The van der Waals surface area contributed by atoms with E-state index in [1.807, 2.05) is 0 Å². The molecule has 20 heavy (non-hydrogen) atoms. The molecular weight excluding hydrogens is 303 g/mol. The molecule has 1 aliphatic heterocycles. The van der Waals surface area contributed by atoms with Crippen LogP contribution >= 0.6 is 11.6 Å². The van der Waals surface area contributed by atoms with E-state index in [9.17, 15) is 12.8 Å². The van der Waals surface area contributed by atoms with Crippen molar-refractivity contribution in [2.45, 2.75) is 25.4 Å². The molecule has 0 aliphatic carbocycles. The van der Waals surface area contributed by atoms with Crippen LogP contribution in [0.3, 0.4) is 0 Å². The van der Waals surface area contributed by atoms with Gasteiger partial charge >= 0.3 is 0 Å². The van der Waals surface area contributed by atoms with Crippen LogP contribution in [0.15, 0.2) is 18.2 Å². The minimum atomic E-state index is -3.18. The summed E-state index contributed by atoms with van der Waals surface area (Å²) in [5.74, 6) is -0.425. The lowest BCUT2D eigenvalue weighted by Gasteiger charge is -2.32. The third-order valence-corrected chi connectivity index (χ3v) is 4.33. The Morgan fingerprint density at radius 2 is 2.25 bits per heavy atom. The van der Waals surface area contributed by atoms with Gasteiger partial charge in [-0.3, -0.25) is 4.90 Å². The van der Waals surface area contributed by atoms with Crippen LogP contribution in [0, 0.1) is 5.82 Å². The van der Waals surface area contributed by atoms with Gasteiger partial charge in [-0.25, -0.2) is 17.5 Å². The maximum Gasteiger partial charge on any atom is 0.208 e. The predicted octanol–water partition coefficient (Wildman–Crippen LogP) is 1.99. The second kappa shape index (κ2) is 6.39. The van der Waals surface area contributed by atoms with E-state index < -0.39 is 15.8 Å². The van der Waals surface area contributed by atoms with Gasteiger partial charge in [-0.2, -0.15) is 0 Å². The molecule has 0 bridgehead atoms. The molecule has 2 rings (SSSR count). The van der Waals surface area contributed by atoms with E-state index in [1.165, 1.54) is 12.3 Å². The molecule has 0 saturated carbocycles. The molecule has 0 unspecified atom stereocenters. The molecule has 1 fully saturated rings. The molecule has 1 aromatic rings. The Morgan fingerprint density at radius 3 is 2.90 bits per heavy atom. The van der Waals surface area contributed by atoms with Crippen LogP contribution < -0.4 is 4.72 Å². The van der Waals surface area contributed by atoms with Crippen molar-refractivity contribution in [1.82, 2.24) is 9.62 Å². The van der Waals surface area contributed by atoms with Gasteiger partial charge in [0.2, 0.25) is 10.0 Å². The number of nitrogens with one attached hydrogen (secondary N) is 1. The average molecular weight is 321 g/mol. The number of likely N-dealkylation sites (tertiary alicyclic amines) is 1. The molecule has 1 aliphatic rings. The minimum Gasteiger partial charge on any atom is -0.298 e. The van der Waals surface area contributed by atoms with Gasteiger partial charge in [0, 0.05) is 19.1 Å². The quantitative estimate of drug-likeness (QED) is 0.923. The number of piperidine rings is 1. The summed E-state index contributed by atoms with van der Waals surface area (Å²) in [5.41, 5.74) is 0.927. The lowest BCUT2D eigenvalue weighted by molar-refractivity contribution is 0.194. The summed E-state index contributed by atoms with van der Waals surface area (Å²) in [5, 5.41) is 0.116. The fourth-order valence-electron chi connectivity index (χ4n) is 2.49. The van der Waals surface area contributed by atoms with Gasteiger partial charge in [-0.05, 0) is 37.1 Å². The van der Waals surface area contributed by atoms with Gasteiger partial charge in [-0.15, -0.1) is 0 Å². The zero-order valence-electron chi connectivity index (χ0n) is 11.3. The van der Waals surface area contributed by atoms with E-state index in [0.29, 0.717) is 13.1 Å².